The lowest BCUT2D eigenvalue weighted by Gasteiger charge is -2.46. The standard InChI is InChI=1S/C31H46N8O4/c1-8-24-28(40)36(6)25-20-32-29(33-23-19-22(9-10-26(23)42-7)37-17-15-35(5)16-18-37)34-27(25)39(24)21-11-13-38(14-12-21)30(41)43-31(2,3)4/h9-10,19-21,24H,8,11-18H2,1-7H3,(H,32,33,34)/t24-/m1/s1. The number of piperazine rings is 1. The lowest BCUT2D eigenvalue weighted by molar-refractivity contribution is -0.120. The number of methoxy groups -OCH3 is 1. The molecule has 2 aromatic rings. The summed E-state index contributed by atoms with van der Waals surface area (Å²) in [6, 6.07) is 5.83. The van der Waals surface area contributed by atoms with Gasteiger partial charge in [0.05, 0.1) is 19.0 Å². The number of carbonyl (C=O) groups is 2. The zero-order chi connectivity index (χ0) is 30.9. The van der Waals surface area contributed by atoms with Gasteiger partial charge >= 0.3 is 6.09 Å². The van der Waals surface area contributed by atoms with Crippen molar-refractivity contribution in [1.29, 1.82) is 0 Å². The number of likely N-dealkylation sites (N-methyl/N-ethyl adjacent to an activating group) is 2. The molecule has 1 aromatic heterocycles. The number of nitrogens with one attached hydrogen (secondary N) is 1. The summed E-state index contributed by atoms with van der Waals surface area (Å²) in [5.41, 5.74) is 2.03. The number of benzene rings is 1. The number of carbonyl (C=O) groups excluding carboxylic acids is 2. The van der Waals surface area contributed by atoms with Gasteiger partial charge in [0.15, 0.2) is 5.82 Å². The molecule has 0 unspecified atom stereocenters. The average Bonchev–Trinajstić information content (AvgIpc) is 2.98. The Kier molecular flexibility index (Phi) is 8.86. The molecule has 12 heteroatoms. The normalized spacial score (nSPS) is 20.3. The molecule has 0 saturated carbocycles. The summed E-state index contributed by atoms with van der Waals surface area (Å²) < 4.78 is 11.3. The minimum Gasteiger partial charge on any atom is -0.495 e. The van der Waals surface area contributed by atoms with Gasteiger partial charge in [0.1, 0.15) is 23.1 Å². The van der Waals surface area contributed by atoms with Gasteiger partial charge in [-0.3, -0.25) is 4.79 Å². The highest BCUT2D eigenvalue weighted by atomic mass is 16.6. The Balaban J connectivity index is 1.41. The Labute approximate surface area is 254 Å². The predicted octanol–water partition coefficient (Wildman–Crippen LogP) is 3.94. The van der Waals surface area contributed by atoms with Gasteiger partial charge in [0.2, 0.25) is 11.9 Å². The maximum absolute atomic E-state index is 13.5. The molecule has 3 aliphatic rings. The Morgan fingerprint density at radius 2 is 1.77 bits per heavy atom. The molecule has 1 atom stereocenters. The number of hydrogen-bond acceptors (Lipinski definition) is 10. The summed E-state index contributed by atoms with van der Waals surface area (Å²) in [5.74, 6) is 1.87. The van der Waals surface area contributed by atoms with Crippen LogP contribution in [-0.2, 0) is 9.53 Å². The zero-order valence-corrected chi connectivity index (χ0v) is 26.6. The van der Waals surface area contributed by atoms with E-state index >= 15 is 0 Å². The topological polar surface area (TPSA) is 107 Å². The molecule has 2 fully saturated rings. The van der Waals surface area contributed by atoms with Gasteiger partial charge in [-0.25, -0.2) is 9.78 Å². The van der Waals surface area contributed by atoms with Gasteiger partial charge < -0.3 is 39.3 Å². The fraction of sp³-hybridized carbons (Fsp3) is 0.613. The van der Waals surface area contributed by atoms with Crippen LogP contribution in [0.25, 0.3) is 0 Å². The third kappa shape index (κ3) is 6.58. The minimum absolute atomic E-state index is 0.0235. The van der Waals surface area contributed by atoms with Crippen molar-refractivity contribution in [2.75, 3.05) is 80.5 Å². The van der Waals surface area contributed by atoms with Crippen LogP contribution < -0.4 is 24.8 Å². The van der Waals surface area contributed by atoms with E-state index in [1.54, 1.807) is 30.2 Å². The number of piperidine rings is 1. The Hall–Kier alpha value is -3.80. The summed E-state index contributed by atoms with van der Waals surface area (Å²) in [4.78, 5) is 46.1. The molecule has 2 saturated heterocycles. The van der Waals surface area contributed by atoms with Crippen LogP contribution in [0.1, 0.15) is 47.0 Å². The first-order chi connectivity index (χ1) is 20.5. The second kappa shape index (κ2) is 12.4. The molecule has 1 N–H and O–H groups in total. The monoisotopic (exact) mass is 594 g/mol. The van der Waals surface area contributed by atoms with E-state index in [0.717, 1.165) is 43.4 Å². The molecule has 1 aromatic carbocycles. The molecule has 12 nitrogen and oxygen atoms in total. The van der Waals surface area contributed by atoms with Gasteiger partial charge in [-0.05, 0) is 65.3 Å². The number of aromatic nitrogens is 2. The molecule has 5 rings (SSSR count). The highest BCUT2D eigenvalue weighted by Crippen LogP contribution is 2.39. The van der Waals surface area contributed by atoms with Gasteiger partial charge in [-0.2, -0.15) is 4.98 Å². The molecule has 2 amide bonds. The highest BCUT2D eigenvalue weighted by Gasteiger charge is 2.42. The van der Waals surface area contributed by atoms with Crippen molar-refractivity contribution in [2.45, 2.75) is 64.6 Å². The maximum Gasteiger partial charge on any atom is 0.410 e. The van der Waals surface area contributed by atoms with Crippen molar-refractivity contribution in [3.05, 3.63) is 24.4 Å². The van der Waals surface area contributed by atoms with Gasteiger partial charge in [0, 0.05) is 58.0 Å². The van der Waals surface area contributed by atoms with Crippen LogP contribution in [0.2, 0.25) is 0 Å². The van der Waals surface area contributed by atoms with Crippen molar-refractivity contribution in [2.24, 2.45) is 0 Å². The van der Waals surface area contributed by atoms with Crippen LogP contribution >= 0.6 is 0 Å². The lowest BCUT2D eigenvalue weighted by atomic mass is 9.97. The van der Waals surface area contributed by atoms with Crippen molar-refractivity contribution in [1.82, 2.24) is 19.8 Å². The number of hydrogen-bond donors (Lipinski definition) is 1. The first-order valence-corrected chi connectivity index (χ1v) is 15.3. The molecular weight excluding hydrogens is 548 g/mol. The number of nitrogens with zero attached hydrogens (tertiary/aromatic N) is 7. The van der Waals surface area contributed by atoms with E-state index < -0.39 is 5.60 Å². The molecule has 234 valence electrons. The van der Waals surface area contributed by atoms with E-state index in [9.17, 15) is 9.59 Å². The number of rotatable bonds is 6. The molecule has 43 heavy (non-hydrogen) atoms. The van der Waals surface area contributed by atoms with Gasteiger partial charge in [0.25, 0.3) is 0 Å². The van der Waals surface area contributed by atoms with Gasteiger partial charge in [-0.1, -0.05) is 6.92 Å². The number of anilines is 5. The van der Waals surface area contributed by atoms with Crippen LogP contribution in [0, 0.1) is 0 Å². The third-order valence-corrected chi connectivity index (χ3v) is 8.50. The fourth-order valence-corrected chi connectivity index (χ4v) is 6.09. The summed E-state index contributed by atoms with van der Waals surface area (Å²) in [6.07, 6.45) is 3.48. The highest BCUT2D eigenvalue weighted by molar-refractivity contribution is 6.04. The van der Waals surface area contributed by atoms with Crippen molar-refractivity contribution >= 4 is 40.8 Å². The third-order valence-electron chi connectivity index (χ3n) is 8.50. The van der Waals surface area contributed by atoms with Crippen LogP contribution in [0.3, 0.4) is 0 Å². The largest absolute Gasteiger partial charge is 0.495 e. The second-order valence-electron chi connectivity index (χ2n) is 12.6. The minimum atomic E-state index is -0.545. The number of fused-ring (bicyclic) bond motifs is 1. The van der Waals surface area contributed by atoms with E-state index in [0.29, 0.717) is 49.7 Å². The second-order valence-corrected chi connectivity index (χ2v) is 12.6. The van der Waals surface area contributed by atoms with E-state index in [2.05, 4.69) is 44.2 Å². The van der Waals surface area contributed by atoms with Gasteiger partial charge in [-0.15, -0.1) is 0 Å². The molecule has 0 bridgehead atoms. The van der Waals surface area contributed by atoms with Crippen LogP contribution in [0.15, 0.2) is 24.4 Å². The van der Waals surface area contributed by atoms with E-state index in [4.69, 9.17) is 14.5 Å². The first kappa shape index (κ1) is 30.7. The predicted molar refractivity (Wildman–Crippen MR) is 169 cm³/mol. The average molecular weight is 595 g/mol. The Bertz CT molecular complexity index is 1320. The molecular formula is C31H46N8O4. The summed E-state index contributed by atoms with van der Waals surface area (Å²) in [5, 5.41) is 3.40. The van der Waals surface area contributed by atoms with E-state index in [1.807, 2.05) is 33.8 Å². The number of ether oxygens (including phenoxy) is 2. The van der Waals surface area contributed by atoms with E-state index in [-0.39, 0.29) is 24.1 Å². The fourth-order valence-electron chi connectivity index (χ4n) is 6.09. The molecule has 0 spiro atoms. The summed E-state index contributed by atoms with van der Waals surface area (Å²) >= 11 is 0. The molecule has 3 aliphatic heterocycles. The number of likely N-dealkylation sites (tertiary alicyclic amines) is 1. The Morgan fingerprint density at radius 3 is 2.40 bits per heavy atom. The molecule has 0 aliphatic carbocycles. The SMILES string of the molecule is CC[C@@H]1C(=O)N(C)c2cnc(Nc3cc(N4CCN(C)CC4)ccc3OC)nc2N1C1CCN(C(=O)OC(C)(C)C)CC1. The van der Waals surface area contributed by atoms with Crippen LogP contribution in [-0.4, -0.2) is 110 Å². The Morgan fingerprint density at radius 1 is 1.07 bits per heavy atom. The quantitative estimate of drug-likeness (QED) is 0.529. The van der Waals surface area contributed by atoms with Crippen LogP contribution in [0.4, 0.5) is 33.6 Å². The molecule has 4 heterocycles. The summed E-state index contributed by atoms with van der Waals surface area (Å²) in [6.45, 7) is 12.7. The first-order valence-electron chi connectivity index (χ1n) is 15.3. The van der Waals surface area contributed by atoms with Crippen molar-refractivity contribution in [3.63, 3.8) is 0 Å². The van der Waals surface area contributed by atoms with Crippen molar-refractivity contribution < 1.29 is 19.1 Å². The maximum atomic E-state index is 13.5. The summed E-state index contributed by atoms with van der Waals surface area (Å²) in [7, 11) is 5.58. The molecule has 0 radical (unpaired) electrons. The lowest BCUT2D eigenvalue weighted by Crippen LogP contribution is -2.58. The van der Waals surface area contributed by atoms with Crippen molar-refractivity contribution in [3.8, 4) is 5.75 Å². The number of amides is 2. The van der Waals surface area contributed by atoms with Crippen LogP contribution in [0.5, 0.6) is 5.75 Å². The van der Waals surface area contributed by atoms with E-state index in [1.165, 1.54) is 0 Å². The zero-order valence-electron chi connectivity index (χ0n) is 26.6. The smallest absolute Gasteiger partial charge is 0.410 e.